The van der Waals surface area contributed by atoms with Gasteiger partial charge in [0.15, 0.2) is 0 Å². The Morgan fingerprint density at radius 2 is 0.615 bits per heavy atom. The van der Waals surface area contributed by atoms with Gasteiger partial charge in [0, 0.05) is 0 Å². The molecule has 0 aromatic heterocycles. The van der Waals surface area contributed by atoms with E-state index in [9.17, 15) is 0 Å². The summed E-state index contributed by atoms with van der Waals surface area (Å²) in [5, 5.41) is 0. The first-order chi connectivity index (χ1) is 4.00. The molecule has 0 aliphatic carbocycles. The second kappa shape index (κ2) is 11.7. The van der Waals surface area contributed by atoms with Crippen molar-refractivity contribution in [2.45, 2.75) is 0 Å². The van der Waals surface area contributed by atoms with Crippen LogP contribution in [0.3, 0.4) is 0 Å². The van der Waals surface area contributed by atoms with Crippen molar-refractivity contribution in [2.75, 3.05) is 0 Å². The Bertz CT molecular complexity index is 69.1. The summed E-state index contributed by atoms with van der Waals surface area (Å²) in [4.78, 5) is 58.6. The molecular formula is H12LiNaO9Si2. The predicted molar refractivity (Wildman–Crippen MR) is 35.1 cm³/mol. The van der Waals surface area contributed by atoms with Crippen LogP contribution in [-0.2, 0) is 0 Å². The third-order valence-electron chi connectivity index (χ3n) is 0. The summed E-state index contributed by atoms with van der Waals surface area (Å²) >= 11 is 0. The Balaban J connectivity index is -0.0000000128. The number of rotatable bonds is 0. The van der Waals surface area contributed by atoms with Crippen LogP contribution in [0.2, 0.25) is 0 Å². The van der Waals surface area contributed by atoms with E-state index in [0.29, 0.717) is 0 Å². The van der Waals surface area contributed by atoms with E-state index in [0.717, 1.165) is 0 Å². The van der Waals surface area contributed by atoms with Gasteiger partial charge in [-0.3, -0.25) is 0 Å². The molecule has 9 nitrogen and oxygen atoms in total. The van der Waals surface area contributed by atoms with Crippen molar-refractivity contribution in [3.8, 4) is 0 Å². The van der Waals surface area contributed by atoms with Gasteiger partial charge in [-0.2, -0.15) is 0 Å². The predicted octanol–water partition coefficient (Wildman–Crippen LogP) is -11.8. The Morgan fingerprint density at radius 3 is 0.615 bits per heavy atom. The van der Waals surface area contributed by atoms with Crippen molar-refractivity contribution in [1.29, 1.82) is 0 Å². The molecule has 0 radical (unpaired) electrons. The van der Waals surface area contributed by atoms with E-state index in [-0.39, 0.29) is 56.7 Å². The van der Waals surface area contributed by atoms with E-state index >= 15 is 0 Å². The Kier molecular flexibility index (Phi) is 26.5. The maximum Gasteiger partial charge on any atom is 1.00 e. The molecule has 76 valence electrons. The molecule has 0 saturated heterocycles. The third-order valence-corrected chi connectivity index (χ3v) is 0. The van der Waals surface area contributed by atoms with Gasteiger partial charge in [-0.15, -0.1) is 0 Å². The first-order valence-corrected chi connectivity index (χ1v) is 5.37. The molecule has 0 saturated carbocycles. The van der Waals surface area contributed by atoms with E-state index in [1.807, 2.05) is 0 Å². The fourth-order valence-electron chi connectivity index (χ4n) is 0. The molecule has 13 heteroatoms. The maximum absolute atomic E-state index is 7.33. The average Bonchev–Trinajstić information content (AvgIpc) is 1.12. The normalized spacial score (nSPS) is 9.23. The van der Waals surface area contributed by atoms with Crippen LogP contribution in [0, 0.1) is 0 Å². The molecule has 13 heavy (non-hydrogen) atoms. The molecule has 0 aromatic rings. The summed E-state index contributed by atoms with van der Waals surface area (Å²) in [5.74, 6) is 0. The van der Waals surface area contributed by atoms with Gasteiger partial charge in [-0.1, -0.05) is 0 Å². The van der Waals surface area contributed by atoms with Crippen molar-refractivity contribution in [3.05, 3.63) is 0 Å². The monoisotopic (exact) mass is 242 g/mol. The van der Waals surface area contributed by atoms with Crippen LogP contribution < -0.4 is 48.4 Å². The van der Waals surface area contributed by atoms with Crippen molar-refractivity contribution in [3.63, 3.8) is 0 Å². The molecule has 0 aromatic carbocycles. The fraction of sp³-hybridized carbons (Fsp3) is 0. The molecule has 0 amide bonds. The van der Waals surface area contributed by atoms with Gasteiger partial charge in [0.2, 0.25) is 0 Å². The van der Waals surface area contributed by atoms with E-state index in [1.54, 1.807) is 0 Å². The summed E-state index contributed by atoms with van der Waals surface area (Å²) in [6.07, 6.45) is 0. The van der Waals surface area contributed by atoms with Crippen molar-refractivity contribution in [2.24, 2.45) is 0 Å². The van der Waals surface area contributed by atoms with Crippen LogP contribution in [-0.4, -0.2) is 61.9 Å². The fourth-order valence-corrected chi connectivity index (χ4v) is 0. The van der Waals surface area contributed by atoms with Gasteiger partial charge in [-0.25, -0.2) is 0 Å². The number of hydrogen-bond acceptors (Lipinski definition) is 8. The van der Waals surface area contributed by atoms with Gasteiger partial charge in [-0.05, 0) is 0 Å². The average molecular weight is 242 g/mol. The van der Waals surface area contributed by atoms with Crippen molar-refractivity contribution < 1.29 is 95.1 Å². The second-order valence-corrected chi connectivity index (χ2v) is 3.60. The Hall–Kier alpha value is 1.67. The minimum atomic E-state index is -4.61. The molecule has 0 atom stereocenters. The molecule has 0 spiro atoms. The second-order valence-electron chi connectivity index (χ2n) is 1.20. The molecule has 0 bridgehead atoms. The summed E-state index contributed by atoms with van der Waals surface area (Å²) in [6.45, 7) is 0. The van der Waals surface area contributed by atoms with Gasteiger partial charge < -0.3 is 46.7 Å². The van der Waals surface area contributed by atoms with Gasteiger partial charge >= 0.3 is 66.5 Å². The number of hydrogen-bond donors (Lipinski definition) is 8. The molecule has 10 N–H and O–H groups in total. The van der Waals surface area contributed by atoms with Crippen LogP contribution in [0.25, 0.3) is 0 Å². The van der Waals surface area contributed by atoms with Gasteiger partial charge in [0.05, 0.1) is 0 Å². The minimum absolute atomic E-state index is 0. The van der Waals surface area contributed by atoms with Crippen LogP contribution in [0.15, 0.2) is 0 Å². The zero-order valence-electron chi connectivity index (χ0n) is 9.08. The van der Waals surface area contributed by atoms with Crippen LogP contribution in [0.5, 0.6) is 0 Å². The first kappa shape index (κ1) is 29.3. The molecule has 0 heterocycles. The van der Waals surface area contributed by atoms with Crippen LogP contribution in [0.1, 0.15) is 2.85 Å². The quantitative estimate of drug-likeness (QED) is 0.192. The molecule has 0 aliphatic rings. The van der Waals surface area contributed by atoms with Crippen molar-refractivity contribution in [1.82, 2.24) is 0 Å². The van der Waals surface area contributed by atoms with Gasteiger partial charge in [0.1, 0.15) is 0 Å². The Morgan fingerprint density at radius 1 is 0.615 bits per heavy atom. The molecule has 0 rings (SSSR count). The van der Waals surface area contributed by atoms with E-state index < -0.39 is 18.1 Å². The van der Waals surface area contributed by atoms with E-state index in [1.165, 1.54) is 0 Å². The maximum atomic E-state index is 7.33. The molecule has 0 fully saturated rings. The Labute approximate surface area is 113 Å². The topological polar surface area (TPSA) is 193 Å². The zero-order chi connectivity index (χ0) is 9.00. The summed E-state index contributed by atoms with van der Waals surface area (Å²) in [7, 11) is -9.22. The zero-order valence-corrected chi connectivity index (χ0v) is 11.1. The van der Waals surface area contributed by atoms with Gasteiger partial charge in [0.25, 0.3) is 0 Å². The van der Waals surface area contributed by atoms with Crippen molar-refractivity contribution >= 4 is 18.1 Å². The van der Waals surface area contributed by atoms with Crippen LogP contribution >= 0.6 is 0 Å². The smallest absolute Gasteiger partial charge is 1.00 e. The molecule has 0 unspecified atom stereocenters. The molecule has 0 aliphatic heterocycles. The summed E-state index contributed by atoms with van der Waals surface area (Å²) < 4.78 is 0. The SMILES string of the molecule is O.O[Si](O)(O)O.O[Si](O)(O)O.[H-].[H-].[Li+].[Na+]. The first-order valence-electron chi connectivity index (χ1n) is 1.79. The molecular weight excluding hydrogens is 230 g/mol. The largest absolute Gasteiger partial charge is 1.00 e. The van der Waals surface area contributed by atoms with E-state index in [2.05, 4.69) is 0 Å². The standard InChI is InChI=1S/Li.Na.2H4O4Si.H2O.2H/c;;2*1-5(2,3)4;;;/h;;2*1-4H;1H2;;/q2*+1;;;;2*-1. The van der Waals surface area contributed by atoms with Crippen LogP contribution in [0.4, 0.5) is 0 Å². The third kappa shape index (κ3) is 667. The minimum Gasteiger partial charge on any atom is -1.00 e. The summed E-state index contributed by atoms with van der Waals surface area (Å²) in [6, 6.07) is 0. The van der Waals surface area contributed by atoms with E-state index in [4.69, 9.17) is 38.4 Å². The summed E-state index contributed by atoms with van der Waals surface area (Å²) in [5.41, 5.74) is 0.